The summed E-state index contributed by atoms with van der Waals surface area (Å²) in [6.07, 6.45) is 0. The predicted molar refractivity (Wildman–Crippen MR) is 122 cm³/mol. The first kappa shape index (κ1) is 18.9. The smallest absolute Gasteiger partial charge is 0.121 e. The van der Waals surface area contributed by atoms with Gasteiger partial charge in [0.25, 0.3) is 0 Å². The fourth-order valence-corrected chi connectivity index (χ4v) is 5.98. The Morgan fingerprint density at radius 3 is 1.61 bits per heavy atom. The molecule has 0 amide bonds. The van der Waals surface area contributed by atoms with E-state index in [1.54, 1.807) is 0 Å². The highest BCUT2D eigenvalue weighted by atomic mass is 32.2. The average Bonchev–Trinajstić information content (AvgIpc) is 2.76. The molecule has 0 atom stereocenters. The molecule has 0 aliphatic carbocycles. The third kappa shape index (κ3) is 4.70. The number of hydrogen-bond acceptors (Lipinski definition) is 1. The maximum absolute atomic E-state index is 2.29. The van der Waals surface area contributed by atoms with Gasteiger partial charge in [-0.15, -0.1) is 11.8 Å². The summed E-state index contributed by atoms with van der Waals surface area (Å²) in [5.74, 6) is 1.00. The highest BCUT2D eigenvalue weighted by Crippen LogP contribution is 2.32. The zero-order valence-corrected chi connectivity index (χ0v) is 17.5. The Balaban J connectivity index is 1.55. The highest BCUT2D eigenvalue weighted by Gasteiger charge is 2.27. The SMILES string of the molecule is Cc1ccc(CSc2ccc([S+](c3ccccc3)c3ccccc3)cc2)cc1. The topological polar surface area (TPSA) is 0 Å². The van der Waals surface area contributed by atoms with Crippen LogP contribution in [0.5, 0.6) is 0 Å². The monoisotopic (exact) mass is 399 g/mol. The van der Waals surface area contributed by atoms with Gasteiger partial charge in [0.05, 0.1) is 10.9 Å². The van der Waals surface area contributed by atoms with Gasteiger partial charge in [-0.1, -0.05) is 66.2 Å². The van der Waals surface area contributed by atoms with Gasteiger partial charge in [0.15, 0.2) is 14.7 Å². The summed E-state index contributed by atoms with van der Waals surface area (Å²) >= 11 is 1.89. The van der Waals surface area contributed by atoms with E-state index < -0.39 is 0 Å². The van der Waals surface area contributed by atoms with Crippen LogP contribution in [-0.2, 0) is 16.6 Å². The molecule has 0 saturated heterocycles. The quantitative estimate of drug-likeness (QED) is 0.241. The first-order chi connectivity index (χ1) is 13.8. The fourth-order valence-electron chi connectivity index (χ4n) is 3.04. The van der Waals surface area contributed by atoms with E-state index in [0.29, 0.717) is 0 Å². The van der Waals surface area contributed by atoms with Crippen LogP contribution in [0.25, 0.3) is 0 Å². The summed E-state index contributed by atoms with van der Waals surface area (Å²) < 4.78 is 0. The Kier molecular flexibility index (Phi) is 6.20. The zero-order chi connectivity index (χ0) is 19.2. The van der Waals surface area contributed by atoms with E-state index in [0.717, 1.165) is 5.75 Å². The van der Waals surface area contributed by atoms with Crippen LogP contribution in [0.15, 0.2) is 129 Å². The summed E-state index contributed by atoms with van der Waals surface area (Å²) in [7, 11) is -0.0747. The Labute approximate surface area is 175 Å². The normalized spacial score (nSPS) is 10.9. The molecule has 0 bridgehead atoms. The van der Waals surface area contributed by atoms with Crippen molar-refractivity contribution in [2.45, 2.75) is 32.3 Å². The van der Waals surface area contributed by atoms with Crippen molar-refractivity contribution in [2.75, 3.05) is 0 Å². The number of aryl methyl sites for hydroxylation is 1. The first-order valence-corrected chi connectivity index (χ1v) is 11.6. The van der Waals surface area contributed by atoms with E-state index in [1.807, 2.05) is 11.8 Å². The lowest BCUT2D eigenvalue weighted by molar-refractivity contribution is 1.28. The molecule has 0 N–H and O–H groups in total. The van der Waals surface area contributed by atoms with Crippen LogP contribution < -0.4 is 0 Å². The van der Waals surface area contributed by atoms with Gasteiger partial charge in [-0.2, -0.15) is 0 Å². The van der Waals surface area contributed by atoms with Gasteiger partial charge >= 0.3 is 0 Å². The van der Waals surface area contributed by atoms with Crippen molar-refractivity contribution >= 4 is 22.7 Å². The van der Waals surface area contributed by atoms with Crippen LogP contribution in [0, 0.1) is 6.92 Å². The third-order valence-corrected chi connectivity index (χ3v) is 7.86. The van der Waals surface area contributed by atoms with Crippen LogP contribution in [0.4, 0.5) is 0 Å². The molecule has 0 aliphatic heterocycles. The van der Waals surface area contributed by atoms with Gasteiger partial charge in [-0.05, 0) is 61.0 Å². The summed E-state index contributed by atoms with van der Waals surface area (Å²) in [5, 5.41) is 0. The largest absolute Gasteiger partial charge is 0.166 e. The molecule has 4 aromatic carbocycles. The minimum absolute atomic E-state index is 0.0747. The lowest BCUT2D eigenvalue weighted by Crippen LogP contribution is -2.04. The van der Waals surface area contributed by atoms with E-state index in [-0.39, 0.29) is 10.9 Å². The second-order valence-electron chi connectivity index (χ2n) is 6.68. The number of rotatable bonds is 6. The second kappa shape index (κ2) is 9.18. The molecule has 0 spiro atoms. The van der Waals surface area contributed by atoms with E-state index in [1.165, 1.54) is 30.7 Å². The number of thioether (sulfide) groups is 1. The van der Waals surface area contributed by atoms with Crippen molar-refractivity contribution in [3.8, 4) is 0 Å². The lowest BCUT2D eigenvalue weighted by Gasteiger charge is -2.09. The van der Waals surface area contributed by atoms with Crippen LogP contribution in [0.2, 0.25) is 0 Å². The van der Waals surface area contributed by atoms with Gasteiger partial charge in [-0.3, -0.25) is 0 Å². The lowest BCUT2D eigenvalue weighted by atomic mass is 10.2. The average molecular weight is 400 g/mol. The Hall–Kier alpha value is -2.42. The van der Waals surface area contributed by atoms with Crippen LogP contribution in [0.1, 0.15) is 11.1 Å². The van der Waals surface area contributed by atoms with E-state index in [9.17, 15) is 0 Å². The molecular formula is C26H23S2+. The minimum atomic E-state index is -0.0747. The minimum Gasteiger partial charge on any atom is -0.121 e. The Morgan fingerprint density at radius 2 is 1.07 bits per heavy atom. The predicted octanol–water partition coefficient (Wildman–Crippen LogP) is 7.38. The molecular weight excluding hydrogens is 376 g/mol. The maximum Gasteiger partial charge on any atom is 0.166 e. The summed E-state index contributed by atoms with van der Waals surface area (Å²) in [6.45, 7) is 2.13. The molecule has 28 heavy (non-hydrogen) atoms. The zero-order valence-electron chi connectivity index (χ0n) is 15.9. The van der Waals surface area contributed by atoms with Crippen molar-refractivity contribution in [2.24, 2.45) is 0 Å². The van der Waals surface area contributed by atoms with Gasteiger partial charge in [0, 0.05) is 10.6 Å². The molecule has 0 heterocycles. The van der Waals surface area contributed by atoms with Crippen molar-refractivity contribution in [3.63, 3.8) is 0 Å². The number of benzene rings is 4. The molecule has 4 rings (SSSR count). The van der Waals surface area contributed by atoms with Gasteiger partial charge in [0.1, 0.15) is 0 Å². The number of hydrogen-bond donors (Lipinski definition) is 0. The Bertz CT molecular complexity index is 952. The second-order valence-corrected chi connectivity index (χ2v) is 9.75. The third-order valence-electron chi connectivity index (χ3n) is 4.54. The molecule has 0 radical (unpaired) electrons. The molecule has 0 aliphatic rings. The molecule has 138 valence electrons. The van der Waals surface area contributed by atoms with Crippen molar-refractivity contribution in [1.29, 1.82) is 0 Å². The highest BCUT2D eigenvalue weighted by molar-refractivity contribution is 7.98. The molecule has 0 aromatic heterocycles. The van der Waals surface area contributed by atoms with Gasteiger partial charge < -0.3 is 0 Å². The molecule has 2 heteroatoms. The van der Waals surface area contributed by atoms with Crippen LogP contribution >= 0.6 is 11.8 Å². The van der Waals surface area contributed by atoms with Gasteiger partial charge in [-0.25, -0.2) is 0 Å². The maximum atomic E-state index is 2.29. The fraction of sp³-hybridized carbons (Fsp3) is 0.0769. The van der Waals surface area contributed by atoms with Crippen molar-refractivity contribution in [3.05, 3.63) is 120 Å². The van der Waals surface area contributed by atoms with Crippen molar-refractivity contribution < 1.29 is 0 Å². The summed E-state index contributed by atoms with van der Waals surface area (Å²) in [5.41, 5.74) is 2.68. The molecule has 0 fully saturated rings. The van der Waals surface area contributed by atoms with Crippen molar-refractivity contribution in [1.82, 2.24) is 0 Å². The molecule has 0 unspecified atom stereocenters. The van der Waals surface area contributed by atoms with Crippen LogP contribution in [-0.4, -0.2) is 0 Å². The van der Waals surface area contributed by atoms with Crippen LogP contribution in [0.3, 0.4) is 0 Å². The summed E-state index contributed by atoms with van der Waals surface area (Å²) in [6, 6.07) is 39.5. The van der Waals surface area contributed by atoms with E-state index in [2.05, 4.69) is 116 Å². The Morgan fingerprint density at radius 1 is 0.571 bits per heavy atom. The van der Waals surface area contributed by atoms with Gasteiger partial charge in [0.2, 0.25) is 0 Å². The van der Waals surface area contributed by atoms with E-state index >= 15 is 0 Å². The van der Waals surface area contributed by atoms with E-state index in [4.69, 9.17) is 0 Å². The molecule has 0 nitrogen and oxygen atoms in total. The molecule has 0 saturated carbocycles. The first-order valence-electron chi connectivity index (χ1n) is 9.42. The standard InChI is InChI=1S/C26H23S2/c1-21-12-14-22(15-13-21)20-27-23-16-18-26(19-17-23)28(24-8-4-2-5-9-24)25-10-6-3-7-11-25/h2-19H,20H2,1H3/q+1. The summed E-state index contributed by atoms with van der Waals surface area (Å²) in [4.78, 5) is 5.38. The molecule has 4 aromatic rings.